The fourth-order valence-corrected chi connectivity index (χ4v) is 3.76. The van der Waals surface area contributed by atoms with Crippen molar-refractivity contribution in [3.05, 3.63) is 29.8 Å². The highest BCUT2D eigenvalue weighted by atomic mass is 19.1. The van der Waals surface area contributed by atoms with E-state index in [-0.39, 0.29) is 11.4 Å². The SMILES string of the molecule is CC1CN(Cc2cncc(F)c2)C2(CCCCC2)CN1. The molecule has 0 radical (unpaired) electrons. The minimum atomic E-state index is -0.233. The van der Waals surface area contributed by atoms with Crippen LogP contribution in [0.1, 0.15) is 44.6 Å². The molecule has 110 valence electrons. The molecule has 1 aliphatic heterocycles. The Morgan fingerprint density at radius 3 is 2.90 bits per heavy atom. The maximum absolute atomic E-state index is 13.3. The van der Waals surface area contributed by atoms with Gasteiger partial charge in [0.2, 0.25) is 0 Å². The number of hydrogen-bond acceptors (Lipinski definition) is 3. The molecule has 2 heterocycles. The molecule has 2 aliphatic rings. The van der Waals surface area contributed by atoms with Crippen molar-refractivity contribution in [3.63, 3.8) is 0 Å². The summed E-state index contributed by atoms with van der Waals surface area (Å²) in [7, 11) is 0. The van der Waals surface area contributed by atoms with Crippen molar-refractivity contribution in [2.24, 2.45) is 0 Å². The zero-order valence-electron chi connectivity index (χ0n) is 12.2. The molecule has 1 saturated heterocycles. The topological polar surface area (TPSA) is 28.2 Å². The van der Waals surface area contributed by atoms with Gasteiger partial charge in [0.25, 0.3) is 0 Å². The van der Waals surface area contributed by atoms with Gasteiger partial charge < -0.3 is 5.32 Å². The van der Waals surface area contributed by atoms with Crippen molar-refractivity contribution in [1.82, 2.24) is 15.2 Å². The number of piperazine rings is 1. The van der Waals surface area contributed by atoms with E-state index in [9.17, 15) is 4.39 Å². The van der Waals surface area contributed by atoms with Gasteiger partial charge >= 0.3 is 0 Å². The summed E-state index contributed by atoms with van der Waals surface area (Å²) in [5.41, 5.74) is 1.26. The molecule has 1 N–H and O–H groups in total. The first-order chi connectivity index (χ1) is 9.68. The van der Waals surface area contributed by atoms with E-state index in [0.717, 1.165) is 25.2 Å². The van der Waals surface area contributed by atoms with Crippen LogP contribution in [-0.2, 0) is 6.54 Å². The van der Waals surface area contributed by atoms with Crippen molar-refractivity contribution < 1.29 is 4.39 Å². The molecule has 0 aromatic carbocycles. The standard InChI is InChI=1S/C16H24FN3/c1-13-10-20(11-14-7-15(17)9-18-8-14)16(12-19-13)5-3-2-4-6-16/h7-9,13,19H,2-6,10-12H2,1H3. The number of aromatic nitrogens is 1. The number of hydrogen-bond donors (Lipinski definition) is 1. The lowest BCUT2D eigenvalue weighted by molar-refractivity contribution is 0.00605. The van der Waals surface area contributed by atoms with E-state index in [0.29, 0.717) is 6.04 Å². The maximum Gasteiger partial charge on any atom is 0.141 e. The average Bonchev–Trinajstić information content (AvgIpc) is 2.45. The minimum absolute atomic E-state index is 0.233. The number of halogens is 1. The zero-order chi connectivity index (χ0) is 14.0. The normalized spacial score (nSPS) is 26.8. The van der Waals surface area contributed by atoms with Gasteiger partial charge in [-0.2, -0.15) is 0 Å². The van der Waals surface area contributed by atoms with Crippen molar-refractivity contribution in [1.29, 1.82) is 0 Å². The first-order valence-corrected chi connectivity index (χ1v) is 7.76. The molecule has 1 aliphatic carbocycles. The molecule has 1 unspecified atom stereocenters. The van der Waals surface area contributed by atoms with Gasteiger partial charge in [0.1, 0.15) is 5.82 Å². The Hall–Kier alpha value is -1.00. The highest BCUT2D eigenvalue weighted by Crippen LogP contribution is 2.36. The van der Waals surface area contributed by atoms with Crippen LogP contribution in [0, 0.1) is 5.82 Å². The average molecular weight is 277 g/mol. The van der Waals surface area contributed by atoms with Crippen LogP contribution in [0.5, 0.6) is 0 Å². The summed E-state index contributed by atoms with van der Waals surface area (Å²) in [5, 5.41) is 3.64. The van der Waals surface area contributed by atoms with Crippen LogP contribution in [0.4, 0.5) is 4.39 Å². The Labute approximate surface area is 120 Å². The Balaban J connectivity index is 1.79. The zero-order valence-corrected chi connectivity index (χ0v) is 12.2. The van der Waals surface area contributed by atoms with Gasteiger partial charge in [-0.25, -0.2) is 4.39 Å². The van der Waals surface area contributed by atoms with Crippen molar-refractivity contribution in [2.45, 2.75) is 57.2 Å². The molecule has 0 amide bonds. The van der Waals surface area contributed by atoms with Crippen LogP contribution in [0.2, 0.25) is 0 Å². The van der Waals surface area contributed by atoms with Crippen LogP contribution in [0.15, 0.2) is 18.5 Å². The van der Waals surface area contributed by atoms with E-state index in [1.54, 1.807) is 12.3 Å². The fourth-order valence-electron chi connectivity index (χ4n) is 3.76. The molecule has 1 spiro atoms. The highest BCUT2D eigenvalue weighted by molar-refractivity contribution is 5.12. The first-order valence-electron chi connectivity index (χ1n) is 7.76. The lowest BCUT2D eigenvalue weighted by Gasteiger charge is -2.51. The van der Waals surface area contributed by atoms with E-state index >= 15 is 0 Å². The summed E-state index contributed by atoms with van der Waals surface area (Å²) in [6.45, 7) is 5.15. The van der Waals surface area contributed by atoms with Crippen LogP contribution < -0.4 is 5.32 Å². The van der Waals surface area contributed by atoms with Gasteiger partial charge in [-0.1, -0.05) is 19.3 Å². The lowest BCUT2D eigenvalue weighted by atomic mass is 9.78. The monoisotopic (exact) mass is 277 g/mol. The van der Waals surface area contributed by atoms with Gasteiger partial charge in [0.15, 0.2) is 0 Å². The van der Waals surface area contributed by atoms with E-state index in [1.165, 1.54) is 38.3 Å². The second-order valence-electron chi connectivity index (χ2n) is 6.46. The van der Waals surface area contributed by atoms with Gasteiger partial charge in [0.05, 0.1) is 6.20 Å². The molecule has 0 bridgehead atoms. The van der Waals surface area contributed by atoms with E-state index in [1.807, 2.05) is 0 Å². The third-order valence-electron chi connectivity index (χ3n) is 4.86. The predicted molar refractivity (Wildman–Crippen MR) is 77.9 cm³/mol. The van der Waals surface area contributed by atoms with Crippen LogP contribution in [0.25, 0.3) is 0 Å². The second kappa shape index (κ2) is 5.78. The maximum atomic E-state index is 13.3. The number of nitrogens with one attached hydrogen (secondary N) is 1. The molecule has 1 atom stereocenters. The molecule has 20 heavy (non-hydrogen) atoms. The summed E-state index contributed by atoms with van der Waals surface area (Å²) in [6, 6.07) is 2.13. The lowest BCUT2D eigenvalue weighted by Crippen LogP contribution is -2.64. The predicted octanol–water partition coefficient (Wildman–Crippen LogP) is 2.72. The summed E-state index contributed by atoms with van der Waals surface area (Å²) in [6.07, 6.45) is 9.58. The number of pyridine rings is 1. The molecule has 1 aromatic rings. The van der Waals surface area contributed by atoms with Crippen molar-refractivity contribution >= 4 is 0 Å². The molecular formula is C16H24FN3. The van der Waals surface area contributed by atoms with Crippen LogP contribution in [0.3, 0.4) is 0 Å². The van der Waals surface area contributed by atoms with Crippen LogP contribution in [-0.4, -0.2) is 34.6 Å². The number of nitrogens with zero attached hydrogens (tertiary/aromatic N) is 2. The number of rotatable bonds is 2. The fraction of sp³-hybridized carbons (Fsp3) is 0.688. The first kappa shape index (κ1) is 14.0. The van der Waals surface area contributed by atoms with E-state index in [2.05, 4.69) is 22.1 Å². The van der Waals surface area contributed by atoms with E-state index in [4.69, 9.17) is 0 Å². The Morgan fingerprint density at radius 1 is 1.35 bits per heavy atom. The van der Waals surface area contributed by atoms with E-state index < -0.39 is 0 Å². The summed E-state index contributed by atoms with van der Waals surface area (Å²) in [5.74, 6) is -0.233. The molecule has 4 heteroatoms. The van der Waals surface area contributed by atoms with Gasteiger partial charge in [-0.05, 0) is 31.4 Å². The molecule has 3 nitrogen and oxygen atoms in total. The smallest absolute Gasteiger partial charge is 0.141 e. The third kappa shape index (κ3) is 2.86. The third-order valence-corrected chi connectivity index (χ3v) is 4.86. The molecule has 3 rings (SSSR count). The minimum Gasteiger partial charge on any atom is -0.311 e. The molecule has 1 saturated carbocycles. The van der Waals surface area contributed by atoms with Gasteiger partial charge in [0, 0.05) is 37.4 Å². The summed E-state index contributed by atoms with van der Waals surface area (Å²) in [4.78, 5) is 6.56. The van der Waals surface area contributed by atoms with Crippen LogP contribution >= 0.6 is 0 Å². The Morgan fingerprint density at radius 2 is 2.15 bits per heavy atom. The van der Waals surface area contributed by atoms with Gasteiger partial charge in [-0.3, -0.25) is 9.88 Å². The Kier molecular flexibility index (Phi) is 4.03. The molecule has 1 aromatic heterocycles. The van der Waals surface area contributed by atoms with Gasteiger partial charge in [-0.15, -0.1) is 0 Å². The van der Waals surface area contributed by atoms with Crippen molar-refractivity contribution in [2.75, 3.05) is 13.1 Å². The quantitative estimate of drug-likeness (QED) is 0.901. The Bertz CT molecular complexity index is 457. The highest BCUT2D eigenvalue weighted by Gasteiger charge is 2.41. The molecule has 2 fully saturated rings. The molecular weight excluding hydrogens is 253 g/mol. The summed E-state index contributed by atoms with van der Waals surface area (Å²) >= 11 is 0. The second-order valence-corrected chi connectivity index (χ2v) is 6.46. The summed E-state index contributed by atoms with van der Waals surface area (Å²) < 4.78 is 13.3. The largest absolute Gasteiger partial charge is 0.311 e. The van der Waals surface area contributed by atoms with Crippen molar-refractivity contribution in [3.8, 4) is 0 Å².